The molecule has 0 heterocycles. The fourth-order valence-electron chi connectivity index (χ4n) is 0.686. The van der Waals surface area contributed by atoms with Gasteiger partial charge in [-0.25, -0.2) is 0 Å². The summed E-state index contributed by atoms with van der Waals surface area (Å²) in [7, 11) is 0. The number of rotatable bonds is 5. The summed E-state index contributed by atoms with van der Waals surface area (Å²) in [6.45, 7) is 6.62. The number of ether oxygens (including phenoxy) is 1. The van der Waals surface area contributed by atoms with Gasteiger partial charge in [0.1, 0.15) is 6.61 Å². The van der Waals surface area contributed by atoms with Crippen LogP contribution in [-0.4, -0.2) is 17.4 Å². The van der Waals surface area contributed by atoms with Gasteiger partial charge in [-0.2, -0.15) is 0 Å². The molecular weight excluding hydrogens is 220 g/mol. The Morgan fingerprint density at radius 1 is 1.42 bits per heavy atom. The van der Waals surface area contributed by atoms with Crippen LogP contribution in [0.25, 0.3) is 0 Å². The molecule has 0 bridgehead atoms. The number of carbonyl (C=O) groups excluding carboxylic acids is 1. The largest absolute Gasteiger partial charge is 0.464 e. The van der Waals surface area contributed by atoms with Crippen LogP contribution in [0.3, 0.4) is 0 Å². The van der Waals surface area contributed by atoms with E-state index in [4.69, 9.17) is 4.74 Å². The van der Waals surface area contributed by atoms with E-state index >= 15 is 0 Å². The van der Waals surface area contributed by atoms with Gasteiger partial charge in [0.05, 0.1) is 0 Å². The minimum Gasteiger partial charge on any atom is -0.464 e. The van der Waals surface area contributed by atoms with Crippen molar-refractivity contribution >= 4 is 21.9 Å². The quantitative estimate of drug-likeness (QED) is 0.542. The lowest BCUT2D eigenvalue weighted by atomic mass is 10.1. The second-order valence-electron chi connectivity index (χ2n) is 3.40. The van der Waals surface area contributed by atoms with E-state index in [9.17, 15) is 4.79 Å². The number of halogens is 1. The Balaban J connectivity index is 3.34. The van der Waals surface area contributed by atoms with Gasteiger partial charge >= 0.3 is 5.97 Å². The van der Waals surface area contributed by atoms with Gasteiger partial charge in [0, 0.05) is 11.2 Å². The van der Waals surface area contributed by atoms with E-state index in [2.05, 4.69) is 29.8 Å². The molecule has 3 heteroatoms. The zero-order chi connectivity index (χ0) is 9.56. The Hall–Kier alpha value is -0.0500. The maximum Gasteiger partial charge on any atom is 0.305 e. The molecular formula is C9H17BrO2. The molecule has 0 amide bonds. The highest BCUT2D eigenvalue weighted by atomic mass is 79.9. The van der Waals surface area contributed by atoms with Crippen molar-refractivity contribution in [2.24, 2.45) is 5.92 Å². The monoisotopic (exact) mass is 236 g/mol. The predicted molar refractivity (Wildman–Crippen MR) is 53.4 cm³/mol. The first-order chi connectivity index (χ1) is 5.52. The summed E-state index contributed by atoms with van der Waals surface area (Å²) in [5.74, 6) is 0.481. The Bertz CT molecular complexity index is 118. The fraction of sp³-hybridized carbons (Fsp3) is 0.889. The van der Waals surface area contributed by atoms with E-state index in [1.165, 1.54) is 0 Å². The highest BCUT2D eigenvalue weighted by Gasteiger charge is 2.05. The van der Waals surface area contributed by atoms with Crippen molar-refractivity contribution in [2.45, 2.75) is 38.4 Å². The standard InChI is InChI=1S/C9H17BrO2/c1-7(2)4-5-9(11)12-6-8(3)10/h7-8H,4-6H2,1-3H3. The van der Waals surface area contributed by atoms with Crippen LogP contribution in [0, 0.1) is 5.92 Å². The van der Waals surface area contributed by atoms with Crippen molar-refractivity contribution in [1.82, 2.24) is 0 Å². The molecule has 0 aromatic carbocycles. The maximum absolute atomic E-state index is 11.0. The minimum absolute atomic E-state index is 0.0880. The summed E-state index contributed by atoms with van der Waals surface area (Å²) in [5, 5.41) is 0. The molecule has 0 rings (SSSR count). The van der Waals surface area contributed by atoms with Gasteiger partial charge in [-0.05, 0) is 19.3 Å². The lowest BCUT2D eigenvalue weighted by molar-refractivity contribution is -0.143. The Morgan fingerprint density at radius 3 is 2.42 bits per heavy atom. The normalized spacial score (nSPS) is 13.1. The van der Waals surface area contributed by atoms with E-state index in [0.717, 1.165) is 6.42 Å². The molecule has 0 aliphatic heterocycles. The van der Waals surface area contributed by atoms with Crippen molar-refractivity contribution in [3.8, 4) is 0 Å². The molecule has 0 aromatic rings. The molecule has 0 aliphatic carbocycles. The lowest BCUT2D eigenvalue weighted by Gasteiger charge is -2.06. The summed E-state index contributed by atoms with van der Waals surface area (Å²) >= 11 is 3.31. The molecule has 0 N–H and O–H groups in total. The maximum atomic E-state index is 11.0. The molecule has 0 saturated carbocycles. The molecule has 0 saturated heterocycles. The van der Waals surface area contributed by atoms with Crippen LogP contribution in [0.15, 0.2) is 0 Å². The third-order valence-corrected chi connectivity index (χ3v) is 1.66. The first-order valence-corrected chi connectivity index (χ1v) is 5.23. The average Bonchev–Trinajstić information content (AvgIpc) is 1.96. The van der Waals surface area contributed by atoms with E-state index in [0.29, 0.717) is 18.9 Å². The van der Waals surface area contributed by atoms with Crippen LogP contribution in [0.4, 0.5) is 0 Å². The van der Waals surface area contributed by atoms with Crippen molar-refractivity contribution in [3.63, 3.8) is 0 Å². The molecule has 2 nitrogen and oxygen atoms in total. The summed E-state index contributed by atoms with van der Waals surface area (Å²) < 4.78 is 4.97. The average molecular weight is 237 g/mol. The van der Waals surface area contributed by atoms with Crippen molar-refractivity contribution < 1.29 is 9.53 Å². The first kappa shape index (κ1) is 11.9. The summed E-state index contributed by atoms with van der Waals surface area (Å²) in [6, 6.07) is 0. The second-order valence-corrected chi connectivity index (χ2v) is 4.96. The lowest BCUT2D eigenvalue weighted by Crippen LogP contribution is -2.11. The summed E-state index contributed by atoms with van der Waals surface area (Å²) in [5.41, 5.74) is 0. The van der Waals surface area contributed by atoms with Crippen LogP contribution in [0.1, 0.15) is 33.6 Å². The third kappa shape index (κ3) is 8.05. The molecule has 0 radical (unpaired) electrons. The third-order valence-electron chi connectivity index (χ3n) is 1.40. The molecule has 72 valence electrons. The number of esters is 1. The second kappa shape index (κ2) is 6.46. The van der Waals surface area contributed by atoms with Crippen molar-refractivity contribution in [2.75, 3.05) is 6.61 Å². The molecule has 1 unspecified atom stereocenters. The van der Waals surface area contributed by atoms with Gasteiger partial charge in [-0.3, -0.25) is 4.79 Å². The number of hydrogen-bond donors (Lipinski definition) is 0. The van der Waals surface area contributed by atoms with E-state index in [1.807, 2.05) is 6.92 Å². The fourth-order valence-corrected chi connectivity index (χ4v) is 0.819. The highest BCUT2D eigenvalue weighted by Crippen LogP contribution is 2.05. The molecule has 0 spiro atoms. The van der Waals surface area contributed by atoms with Gasteiger partial charge in [-0.1, -0.05) is 29.8 Å². The zero-order valence-corrected chi connectivity index (χ0v) is 9.56. The zero-order valence-electron chi connectivity index (χ0n) is 7.97. The molecule has 0 aliphatic rings. The van der Waals surface area contributed by atoms with Crippen LogP contribution in [0.2, 0.25) is 0 Å². The van der Waals surface area contributed by atoms with Crippen LogP contribution in [0.5, 0.6) is 0 Å². The number of carbonyl (C=O) groups is 1. The van der Waals surface area contributed by atoms with Crippen molar-refractivity contribution in [1.29, 1.82) is 0 Å². The van der Waals surface area contributed by atoms with Gasteiger partial charge in [-0.15, -0.1) is 0 Å². The SMILES string of the molecule is CC(C)CCC(=O)OCC(C)Br. The summed E-state index contributed by atoms with van der Waals surface area (Å²) in [4.78, 5) is 11.3. The van der Waals surface area contributed by atoms with Gasteiger partial charge in [0.15, 0.2) is 0 Å². The number of hydrogen-bond acceptors (Lipinski definition) is 2. The highest BCUT2D eigenvalue weighted by molar-refractivity contribution is 9.09. The van der Waals surface area contributed by atoms with E-state index in [1.54, 1.807) is 0 Å². The molecule has 0 aromatic heterocycles. The van der Waals surface area contributed by atoms with Gasteiger partial charge in [0.25, 0.3) is 0 Å². The van der Waals surface area contributed by atoms with Crippen LogP contribution >= 0.6 is 15.9 Å². The Kier molecular flexibility index (Phi) is 6.44. The Morgan fingerprint density at radius 2 is 2.00 bits per heavy atom. The predicted octanol–water partition coefficient (Wildman–Crippen LogP) is 2.75. The Labute approximate surface area is 82.8 Å². The number of alkyl halides is 1. The smallest absolute Gasteiger partial charge is 0.305 e. The van der Waals surface area contributed by atoms with E-state index in [-0.39, 0.29) is 10.8 Å². The van der Waals surface area contributed by atoms with Crippen molar-refractivity contribution in [3.05, 3.63) is 0 Å². The van der Waals surface area contributed by atoms with Crippen LogP contribution in [-0.2, 0) is 9.53 Å². The molecule has 12 heavy (non-hydrogen) atoms. The summed E-state index contributed by atoms with van der Waals surface area (Å²) in [6.07, 6.45) is 1.45. The first-order valence-electron chi connectivity index (χ1n) is 4.32. The minimum atomic E-state index is -0.0880. The van der Waals surface area contributed by atoms with Crippen LogP contribution < -0.4 is 0 Å². The van der Waals surface area contributed by atoms with E-state index < -0.39 is 0 Å². The van der Waals surface area contributed by atoms with Gasteiger partial charge in [0.2, 0.25) is 0 Å². The molecule has 1 atom stereocenters. The topological polar surface area (TPSA) is 26.3 Å². The van der Waals surface area contributed by atoms with Gasteiger partial charge < -0.3 is 4.74 Å². The molecule has 0 fully saturated rings.